The van der Waals surface area contributed by atoms with Crippen molar-refractivity contribution in [2.24, 2.45) is 5.92 Å². The highest BCUT2D eigenvalue weighted by atomic mass is 35.5. The molecule has 1 rings (SSSR count). The molecule has 0 aliphatic carbocycles. The number of anilines is 1. The third-order valence-electron chi connectivity index (χ3n) is 2.56. The molecule has 0 heterocycles. The quantitative estimate of drug-likeness (QED) is 0.621. The topological polar surface area (TPSA) is 84.3 Å². The van der Waals surface area contributed by atoms with Crippen LogP contribution in [0.1, 0.15) is 13.8 Å². The van der Waals surface area contributed by atoms with Gasteiger partial charge in [-0.05, 0) is 18.7 Å². The lowest BCUT2D eigenvalue weighted by atomic mass is 10.1. The van der Waals surface area contributed by atoms with Gasteiger partial charge in [0, 0.05) is 24.2 Å². The molecule has 2 N–H and O–H groups in total. The maximum atomic E-state index is 11.8. The highest BCUT2D eigenvalue weighted by Gasteiger charge is 2.16. The molecule has 1 unspecified atom stereocenters. The van der Waals surface area contributed by atoms with Crippen LogP contribution >= 0.6 is 11.6 Å². The predicted molar refractivity (Wildman–Crippen MR) is 74.4 cm³/mol. The number of rotatable bonds is 6. The van der Waals surface area contributed by atoms with Crippen LogP contribution in [0.2, 0.25) is 5.02 Å². The summed E-state index contributed by atoms with van der Waals surface area (Å²) in [6.45, 7) is 5.07. The van der Waals surface area contributed by atoms with Crippen molar-refractivity contribution in [3.8, 4) is 0 Å². The number of nitro benzene ring substituents is 1. The molecule has 1 aromatic carbocycles. The van der Waals surface area contributed by atoms with Crippen LogP contribution in [0.4, 0.5) is 11.4 Å². The first-order chi connectivity index (χ1) is 8.95. The smallest absolute Gasteiger partial charge is 0.289 e. The lowest BCUT2D eigenvalue weighted by molar-refractivity contribution is -0.384. The van der Waals surface area contributed by atoms with Gasteiger partial charge < -0.3 is 10.6 Å². The van der Waals surface area contributed by atoms with Crippen molar-refractivity contribution in [3.63, 3.8) is 0 Å². The van der Waals surface area contributed by atoms with E-state index in [2.05, 4.69) is 10.6 Å². The van der Waals surface area contributed by atoms with Crippen LogP contribution in [-0.2, 0) is 4.79 Å². The van der Waals surface area contributed by atoms with E-state index in [1.54, 1.807) is 6.92 Å². The van der Waals surface area contributed by atoms with E-state index >= 15 is 0 Å². The van der Waals surface area contributed by atoms with Crippen molar-refractivity contribution in [2.75, 3.05) is 18.4 Å². The molecule has 0 radical (unpaired) electrons. The Morgan fingerprint density at radius 3 is 2.79 bits per heavy atom. The summed E-state index contributed by atoms with van der Waals surface area (Å²) in [5.74, 6) is -0.424. The number of nitrogens with zero attached hydrogens (tertiary/aromatic N) is 1. The van der Waals surface area contributed by atoms with Gasteiger partial charge in [0.1, 0.15) is 5.02 Å². The molecule has 0 saturated heterocycles. The van der Waals surface area contributed by atoms with Crippen molar-refractivity contribution in [1.29, 1.82) is 0 Å². The van der Waals surface area contributed by atoms with Gasteiger partial charge >= 0.3 is 0 Å². The Bertz CT molecular complexity index is 479. The lowest BCUT2D eigenvalue weighted by Crippen LogP contribution is -2.30. The number of carbonyl (C=O) groups excluding carboxylic acids is 1. The molecule has 0 saturated carbocycles. The Balaban J connectivity index is 2.74. The van der Waals surface area contributed by atoms with E-state index in [-0.39, 0.29) is 22.5 Å². The summed E-state index contributed by atoms with van der Waals surface area (Å²) in [5.41, 5.74) is 0.142. The van der Waals surface area contributed by atoms with Crippen molar-refractivity contribution in [1.82, 2.24) is 5.32 Å². The minimum absolute atomic E-state index is 0.0451. The van der Waals surface area contributed by atoms with Gasteiger partial charge in [0.2, 0.25) is 5.91 Å². The Hall–Kier alpha value is -1.66. The normalized spacial score (nSPS) is 11.9. The van der Waals surface area contributed by atoms with Crippen LogP contribution in [0.15, 0.2) is 18.2 Å². The fraction of sp³-hybridized carbons (Fsp3) is 0.417. The second-order valence-electron chi connectivity index (χ2n) is 4.12. The first-order valence-electron chi connectivity index (χ1n) is 5.91. The fourth-order valence-corrected chi connectivity index (χ4v) is 1.64. The summed E-state index contributed by atoms with van der Waals surface area (Å²) in [6, 6.07) is 4.18. The molecule has 6 nitrogen and oxygen atoms in total. The molecule has 1 amide bonds. The van der Waals surface area contributed by atoms with Crippen LogP contribution in [0.5, 0.6) is 0 Å². The van der Waals surface area contributed by atoms with Crippen molar-refractivity contribution in [2.45, 2.75) is 13.8 Å². The monoisotopic (exact) mass is 285 g/mol. The average molecular weight is 286 g/mol. The third kappa shape index (κ3) is 4.50. The van der Waals surface area contributed by atoms with Crippen molar-refractivity contribution < 1.29 is 9.72 Å². The SMILES string of the molecule is CCNCC(C)C(=O)Nc1ccc(Cl)c([N+](=O)[O-])c1. The van der Waals surface area contributed by atoms with E-state index in [0.29, 0.717) is 12.2 Å². The zero-order valence-corrected chi connectivity index (χ0v) is 11.5. The molecule has 1 aromatic rings. The zero-order valence-electron chi connectivity index (χ0n) is 10.8. The summed E-state index contributed by atoms with van der Waals surface area (Å²) >= 11 is 5.69. The minimum Gasteiger partial charge on any atom is -0.326 e. The number of nitrogens with one attached hydrogen (secondary N) is 2. The van der Waals surface area contributed by atoms with Crippen LogP contribution < -0.4 is 10.6 Å². The van der Waals surface area contributed by atoms with Crippen molar-refractivity contribution in [3.05, 3.63) is 33.3 Å². The average Bonchev–Trinajstić information content (AvgIpc) is 2.37. The third-order valence-corrected chi connectivity index (χ3v) is 2.88. The number of amides is 1. The molecule has 0 fully saturated rings. The van der Waals surface area contributed by atoms with Crippen molar-refractivity contribution >= 4 is 28.9 Å². The largest absolute Gasteiger partial charge is 0.326 e. The molecule has 0 aliphatic rings. The molecular formula is C12H16ClN3O3. The van der Waals surface area contributed by atoms with E-state index in [1.165, 1.54) is 18.2 Å². The first-order valence-corrected chi connectivity index (χ1v) is 6.29. The van der Waals surface area contributed by atoms with Crippen LogP contribution in [0, 0.1) is 16.0 Å². The standard InChI is InChI=1S/C12H16ClN3O3/c1-3-14-7-8(2)12(17)15-9-4-5-10(13)11(6-9)16(18)19/h4-6,8,14H,3,7H2,1-2H3,(H,15,17). The fourth-order valence-electron chi connectivity index (χ4n) is 1.45. The van der Waals surface area contributed by atoms with Gasteiger partial charge in [0.15, 0.2) is 0 Å². The molecule has 104 valence electrons. The van der Waals surface area contributed by atoms with Crippen LogP contribution in [-0.4, -0.2) is 23.9 Å². The number of hydrogen-bond acceptors (Lipinski definition) is 4. The number of nitro groups is 1. The van der Waals surface area contributed by atoms with E-state index in [9.17, 15) is 14.9 Å². The first kappa shape index (κ1) is 15.4. The summed E-state index contributed by atoms with van der Waals surface area (Å²) in [6.07, 6.45) is 0. The Labute approximate surface area is 116 Å². The summed E-state index contributed by atoms with van der Waals surface area (Å²) < 4.78 is 0. The predicted octanol–water partition coefficient (Wildman–Crippen LogP) is 2.43. The highest BCUT2D eigenvalue weighted by Crippen LogP contribution is 2.27. The van der Waals surface area contributed by atoms with Gasteiger partial charge in [-0.25, -0.2) is 0 Å². The highest BCUT2D eigenvalue weighted by molar-refractivity contribution is 6.32. The summed E-state index contributed by atoms with van der Waals surface area (Å²) in [5, 5.41) is 16.5. The maximum Gasteiger partial charge on any atom is 0.289 e. The molecule has 0 spiro atoms. The van der Waals surface area contributed by atoms with Gasteiger partial charge in [0.05, 0.1) is 4.92 Å². The summed E-state index contributed by atoms with van der Waals surface area (Å²) in [7, 11) is 0. The Kier molecular flexibility index (Phi) is 5.72. The maximum absolute atomic E-state index is 11.8. The zero-order chi connectivity index (χ0) is 14.4. The van der Waals surface area contributed by atoms with Gasteiger partial charge in [-0.1, -0.05) is 25.4 Å². The molecule has 0 aromatic heterocycles. The number of benzene rings is 1. The molecule has 0 aliphatic heterocycles. The van der Waals surface area contributed by atoms with Crippen LogP contribution in [0.3, 0.4) is 0 Å². The molecule has 1 atom stereocenters. The van der Waals surface area contributed by atoms with Gasteiger partial charge in [0.25, 0.3) is 5.69 Å². The molecule has 19 heavy (non-hydrogen) atoms. The van der Waals surface area contributed by atoms with Gasteiger partial charge in [-0.15, -0.1) is 0 Å². The number of carbonyl (C=O) groups is 1. The molecular weight excluding hydrogens is 270 g/mol. The molecule has 7 heteroatoms. The Morgan fingerprint density at radius 2 is 2.21 bits per heavy atom. The molecule has 0 bridgehead atoms. The van der Waals surface area contributed by atoms with Gasteiger partial charge in [-0.2, -0.15) is 0 Å². The lowest BCUT2D eigenvalue weighted by Gasteiger charge is -2.12. The second kappa shape index (κ2) is 7.06. The second-order valence-corrected chi connectivity index (χ2v) is 4.53. The van der Waals surface area contributed by atoms with Crippen LogP contribution in [0.25, 0.3) is 0 Å². The number of halogens is 1. The summed E-state index contributed by atoms with van der Waals surface area (Å²) in [4.78, 5) is 22.0. The van der Waals surface area contributed by atoms with E-state index < -0.39 is 4.92 Å². The van der Waals surface area contributed by atoms with E-state index in [4.69, 9.17) is 11.6 Å². The van der Waals surface area contributed by atoms with E-state index in [1.807, 2.05) is 6.92 Å². The van der Waals surface area contributed by atoms with E-state index in [0.717, 1.165) is 6.54 Å². The Morgan fingerprint density at radius 1 is 1.53 bits per heavy atom. The number of hydrogen-bond donors (Lipinski definition) is 2. The van der Waals surface area contributed by atoms with Gasteiger partial charge in [-0.3, -0.25) is 14.9 Å². The minimum atomic E-state index is -0.583.